The fourth-order valence-electron chi connectivity index (χ4n) is 1.60. The maximum Gasteiger partial charge on any atom is 0.0756 e. The van der Waals surface area contributed by atoms with E-state index in [1.807, 2.05) is 0 Å². The second kappa shape index (κ2) is 3.53. The van der Waals surface area contributed by atoms with E-state index in [4.69, 9.17) is 0 Å². The van der Waals surface area contributed by atoms with E-state index in [-0.39, 0.29) is 9.20 Å². The normalized spacial score (nSPS) is 23.3. The van der Waals surface area contributed by atoms with Gasteiger partial charge in [-0.15, -0.1) is 0 Å². The van der Waals surface area contributed by atoms with Crippen LogP contribution in [-0.4, -0.2) is 36.6 Å². The van der Waals surface area contributed by atoms with Gasteiger partial charge in [0.25, 0.3) is 0 Å². The maximum atomic E-state index is 2.67. The highest BCUT2D eigenvalue weighted by Gasteiger charge is 2.17. The lowest BCUT2D eigenvalue weighted by atomic mass is 10.3. The van der Waals surface area contributed by atoms with Crippen molar-refractivity contribution >= 4 is 19.0 Å². The summed E-state index contributed by atoms with van der Waals surface area (Å²) < 4.78 is 2.67. The molecule has 0 bridgehead atoms. The molecule has 0 radical (unpaired) electrons. The van der Waals surface area contributed by atoms with E-state index in [0.29, 0.717) is 0 Å². The molecule has 0 N–H and O–H groups in total. The number of rotatable bonds is 2. The van der Waals surface area contributed by atoms with Gasteiger partial charge in [0.05, 0.1) is 9.20 Å². The zero-order valence-corrected chi connectivity index (χ0v) is 9.97. The predicted molar refractivity (Wildman–Crippen MR) is 48.5 cm³/mol. The third-order valence-corrected chi connectivity index (χ3v) is 6.95. The lowest BCUT2D eigenvalue weighted by Gasteiger charge is -2.21. The molecule has 1 nitrogen and oxygen atoms in total. The molecule has 0 unspecified atom stereocenters. The van der Waals surface area contributed by atoms with Crippen molar-refractivity contribution in [3.63, 3.8) is 0 Å². The van der Waals surface area contributed by atoms with E-state index >= 15 is 0 Å². The lowest BCUT2D eigenvalue weighted by Crippen LogP contribution is -2.32. The Bertz CT molecular complexity index is 81.1. The first kappa shape index (κ1) is 7.50. The minimum absolute atomic E-state index is 0.281. The zero-order chi connectivity index (χ0) is 6.69. The van der Waals surface area contributed by atoms with E-state index in [0.717, 1.165) is 6.04 Å². The van der Waals surface area contributed by atoms with Crippen molar-refractivity contribution in [2.45, 2.75) is 31.7 Å². The average Bonchev–Trinajstić information content (AvgIpc) is 2.37. The fourth-order valence-corrected chi connectivity index (χ4v) is 4.03. The first-order chi connectivity index (χ1) is 4.34. The smallest absolute Gasteiger partial charge is 0.0756 e. The van der Waals surface area contributed by atoms with Crippen LogP contribution in [0.25, 0.3) is 0 Å². The second-order valence-corrected chi connectivity index (χ2v) is 6.54. The summed E-state index contributed by atoms with van der Waals surface area (Å²) in [7, 11) is 4.08. The minimum Gasteiger partial charge on any atom is -0.332 e. The molecule has 0 atom stereocenters. The monoisotopic (exact) mass is 159 g/mol. The molecule has 1 aliphatic carbocycles. The van der Waals surface area contributed by atoms with E-state index in [2.05, 4.69) is 11.6 Å². The summed E-state index contributed by atoms with van der Waals surface area (Å²) in [4.78, 5) is 0. The van der Waals surface area contributed by atoms with Gasteiger partial charge in [0.1, 0.15) is 0 Å². The first-order valence-electron chi connectivity index (χ1n) is 4.05. The number of hydrogen-bond acceptors (Lipinski definition) is 1. The molecule has 0 aromatic rings. The molecule has 0 heterocycles. The Morgan fingerprint density at radius 3 is 2.44 bits per heavy atom. The van der Waals surface area contributed by atoms with E-state index in [1.54, 1.807) is 0 Å². The number of hydrogen-bond donors (Lipinski definition) is 0. The Hall–Kier alpha value is 0.394. The highest BCUT2D eigenvalue weighted by Crippen LogP contribution is 2.21. The van der Waals surface area contributed by atoms with E-state index < -0.39 is 0 Å². The van der Waals surface area contributed by atoms with Gasteiger partial charge in [-0.1, -0.05) is 12.8 Å². The fraction of sp³-hybridized carbons (Fsp3) is 1.00. The molecule has 1 fully saturated rings. The van der Waals surface area contributed by atoms with Crippen molar-refractivity contribution in [2.24, 2.45) is 0 Å². The molecule has 9 heavy (non-hydrogen) atoms. The SMILES string of the molecule is CN([SiH2][SiH3])C1CCCC1. The van der Waals surface area contributed by atoms with Gasteiger partial charge in [0.15, 0.2) is 0 Å². The minimum atomic E-state index is 0.281. The van der Waals surface area contributed by atoms with E-state index in [1.165, 1.54) is 35.4 Å². The summed E-state index contributed by atoms with van der Waals surface area (Å²) in [6.45, 7) is 0. The third-order valence-electron chi connectivity index (χ3n) is 2.45. The molecule has 0 amide bonds. The topological polar surface area (TPSA) is 3.24 Å². The van der Waals surface area contributed by atoms with Crippen LogP contribution >= 0.6 is 0 Å². The quantitative estimate of drug-likeness (QED) is 0.478. The van der Waals surface area contributed by atoms with Crippen molar-refractivity contribution in [1.82, 2.24) is 4.57 Å². The average molecular weight is 159 g/mol. The molecule has 1 aliphatic rings. The van der Waals surface area contributed by atoms with Crippen LogP contribution in [0.5, 0.6) is 0 Å². The summed E-state index contributed by atoms with van der Waals surface area (Å²) >= 11 is 0. The van der Waals surface area contributed by atoms with Crippen molar-refractivity contribution < 1.29 is 0 Å². The van der Waals surface area contributed by atoms with Gasteiger partial charge in [-0.05, 0) is 19.9 Å². The number of nitrogens with zero attached hydrogens (tertiary/aromatic N) is 1. The molecule has 1 saturated carbocycles. The summed E-state index contributed by atoms with van der Waals surface area (Å²) in [5.41, 5.74) is 0. The highest BCUT2D eigenvalue weighted by molar-refractivity contribution is 6.87. The Morgan fingerprint density at radius 2 is 2.00 bits per heavy atom. The Balaban J connectivity index is 2.24. The standard InChI is InChI=1S/C6H17NSi2/c1-7(9-8)6-4-2-3-5-6/h6H,2-5,9H2,1,8H3. The first-order valence-corrected chi connectivity index (χ1v) is 10.3. The van der Waals surface area contributed by atoms with Crippen molar-refractivity contribution in [3.05, 3.63) is 0 Å². The van der Waals surface area contributed by atoms with Crippen LogP contribution in [0, 0.1) is 0 Å². The highest BCUT2D eigenvalue weighted by atomic mass is 29.1. The molecule has 1 rings (SSSR count). The maximum absolute atomic E-state index is 2.67. The zero-order valence-electron chi connectivity index (χ0n) is 6.56. The van der Waals surface area contributed by atoms with E-state index in [9.17, 15) is 0 Å². The summed E-state index contributed by atoms with van der Waals surface area (Å²) in [6, 6.07) is 1.01. The largest absolute Gasteiger partial charge is 0.332 e. The third kappa shape index (κ3) is 1.91. The van der Waals surface area contributed by atoms with Gasteiger partial charge < -0.3 is 4.57 Å². The molecule has 0 aromatic heterocycles. The Kier molecular flexibility index (Phi) is 2.95. The summed E-state index contributed by atoms with van der Waals surface area (Å²) in [5, 5.41) is 0. The van der Waals surface area contributed by atoms with Crippen LogP contribution in [0.4, 0.5) is 0 Å². The summed E-state index contributed by atoms with van der Waals surface area (Å²) in [5.74, 6) is 0. The lowest BCUT2D eigenvalue weighted by molar-refractivity contribution is 0.398. The van der Waals surface area contributed by atoms with Gasteiger partial charge in [-0.2, -0.15) is 0 Å². The molecule has 0 aromatic carbocycles. The van der Waals surface area contributed by atoms with Crippen LogP contribution in [0.1, 0.15) is 25.7 Å². The molecular formula is C6H17NSi2. The van der Waals surface area contributed by atoms with Crippen LogP contribution in [0.15, 0.2) is 0 Å². The van der Waals surface area contributed by atoms with Crippen molar-refractivity contribution in [3.8, 4) is 0 Å². The molecule has 0 saturated heterocycles. The van der Waals surface area contributed by atoms with Crippen molar-refractivity contribution in [2.75, 3.05) is 7.05 Å². The van der Waals surface area contributed by atoms with Gasteiger partial charge in [-0.25, -0.2) is 0 Å². The van der Waals surface area contributed by atoms with Gasteiger partial charge in [0, 0.05) is 15.8 Å². The second-order valence-electron chi connectivity index (χ2n) is 3.01. The van der Waals surface area contributed by atoms with Gasteiger partial charge in [0.2, 0.25) is 0 Å². The molecule has 0 aliphatic heterocycles. The Morgan fingerprint density at radius 1 is 1.44 bits per heavy atom. The van der Waals surface area contributed by atoms with Crippen LogP contribution < -0.4 is 0 Å². The van der Waals surface area contributed by atoms with Crippen LogP contribution in [0.2, 0.25) is 0 Å². The van der Waals surface area contributed by atoms with Crippen LogP contribution in [0.3, 0.4) is 0 Å². The molecule has 54 valence electrons. The predicted octanol–water partition coefficient (Wildman–Crippen LogP) is -0.775. The molecule has 0 spiro atoms. The van der Waals surface area contributed by atoms with Crippen LogP contribution in [-0.2, 0) is 0 Å². The van der Waals surface area contributed by atoms with Crippen molar-refractivity contribution in [1.29, 1.82) is 0 Å². The summed E-state index contributed by atoms with van der Waals surface area (Å²) in [6.07, 6.45) is 5.97. The van der Waals surface area contributed by atoms with Gasteiger partial charge in [-0.3, -0.25) is 0 Å². The molecular weight excluding hydrogens is 142 g/mol. The molecule has 3 heteroatoms. The van der Waals surface area contributed by atoms with Gasteiger partial charge >= 0.3 is 0 Å². The Labute approximate surface area is 62.9 Å².